The number of esters is 1. The van der Waals surface area contributed by atoms with Crippen LogP contribution >= 0.6 is 0 Å². The molecular weight excluding hydrogens is 356 g/mol. The number of nitrogen functional groups attached to an aromatic ring is 1. The lowest BCUT2D eigenvalue weighted by atomic mass is 9.86. The Morgan fingerprint density at radius 1 is 1.46 bits per heavy atom. The van der Waals surface area contributed by atoms with E-state index in [0.29, 0.717) is 30.1 Å². The van der Waals surface area contributed by atoms with Crippen LogP contribution in [0.4, 0.5) is 17.2 Å². The minimum atomic E-state index is -0.152. The van der Waals surface area contributed by atoms with Crippen molar-refractivity contribution in [1.82, 2.24) is 15.0 Å². The van der Waals surface area contributed by atoms with E-state index in [9.17, 15) is 4.79 Å². The van der Waals surface area contributed by atoms with Gasteiger partial charge in [0.15, 0.2) is 0 Å². The van der Waals surface area contributed by atoms with Gasteiger partial charge in [-0.2, -0.15) is 0 Å². The zero-order valence-electron chi connectivity index (χ0n) is 15.6. The standard InChI is InChI=1S/C20H22N6O2/c1-2-28-20(27)11-3-6-16-14(8-11)17-18(23-10-24-19(17)26-16)25-13-4-5-15(22)12(7-13)9-21/h4-5,7,9-11,21H,2-3,6,8,22H2,1H3,(H2,23,24,25,26). The Bertz CT molecular complexity index is 1060. The van der Waals surface area contributed by atoms with Gasteiger partial charge in [0.1, 0.15) is 17.8 Å². The van der Waals surface area contributed by atoms with Crippen molar-refractivity contribution in [3.8, 4) is 0 Å². The SMILES string of the molecule is CCOC(=O)C1CCc2[nH]c3ncnc(Nc4ccc(N)c(C=N)c4)c3c2C1. The Morgan fingerprint density at radius 3 is 3.11 bits per heavy atom. The summed E-state index contributed by atoms with van der Waals surface area (Å²) in [5, 5.41) is 11.7. The Kier molecular flexibility index (Phi) is 4.68. The summed E-state index contributed by atoms with van der Waals surface area (Å²) in [5.41, 5.74) is 10.7. The molecule has 2 heterocycles. The fourth-order valence-corrected chi connectivity index (χ4v) is 3.71. The molecule has 0 amide bonds. The number of ether oxygens (including phenoxy) is 1. The summed E-state index contributed by atoms with van der Waals surface area (Å²) in [7, 11) is 0. The summed E-state index contributed by atoms with van der Waals surface area (Å²) >= 11 is 0. The van der Waals surface area contributed by atoms with Crippen LogP contribution in [-0.2, 0) is 22.4 Å². The zero-order chi connectivity index (χ0) is 19.7. The Hall–Kier alpha value is -3.42. The smallest absolute Gasteiger partial charge is 0.309 e. The van der Waals surface area contributed by atoms with Crippen LogP contribution in [0.1, 0.15) is 30.2 Å². The molecule has 0 saturated heterocycles. The normalized spacial score (nSPS) is 15.8. The number of benzene rings is 1. The second-order valence-corrected chi connectivity index (χ2v) is 6.83. The van der Waals surface area contributed by atoms with Crippen molar-refractivity contribution in [3.63, 3.8) is 0 Å². The van der Waals surface area contributed by atoms with Gasteiger partial charge in [0, 0.05) is 28.8 Å². The van der Waals surface area contributed by atoms with Crippen LogP contribution in [0, 0.1) is 11.3 Å². The summed E-state index contributed by atoms with van der Waals surface area (Å²) in [4.78, 5) is 24.4. The molecule has 0 radical (unpaired) electrons. The first-order valence-corrected chi connectivity index (χ1v) is 9.28. The Labute approximate surface area is 162 Å². The average Bonchev–Trinajstić information content (AvgIpc) is 3.08. The van der Waals surface area contributed by atoms with Crippen LogP contribution < -0.4 is 11.1 Å². The maximum Gasteiger partial charge on any atom is 0.309 e. The Morgan fingerprint density at radius 2 is 2.32 bits per heavy atom. The van der Waals surface area contributed by atoms with E-state index in [0.717, 1.165) is 40.8 Å². The van der Waals surface area contributed by atoms with Gasteiger partial charge in [0.25, 0.3) is 0 Å². The molecule has 8 nitrogen and oxygen atoms in total. The van der Waals surface area contributed by atoms with Crippen molar-refractivity contribution in [2.45, 2.75) is 26.2 Å². The first kappa shape index (κ1) is 18.0. The third kappa shape index (κ3) is 3.17. The highest BCUT2D eigenvalue weighted by molar-refractivity contribution is 5.94. The van der Waals surface area contributed by atoms with Crippen LogP contribution in [0.2, 0.25) is 0 Å². The molecule has 5 N–H and O–H groups in total. The number of carbonyl (C=O) groups excluding carboxylic acids is 1. The van der Waals surface area contributed by atoms with Gasteiger partial charge in [0.2, 0.25) is 0 Å². The molecule has 0 spiro atoms. The maximum atomic E-state index is 12.2. The van der Waals surface area contributed by atoms with Crippen molar-refractivity contribution in [2.24, 2.45) is 5.92 Å². The number of aromatic amines is 1. The Balaban J connectivity index is 1.72. The number of rotatable bonds is 5. The molecule has 0 bridgehead atoms. The number of aryl methyl sites for hydroxylation is 1. The number of H-pyrrole nitrogens is 1. The molecule has 0 fully saturated rings. The predicted molar refractivity (Wildman–Crippen MR) is 108 cm³/mol. The quantitative estimate of drug-likeness (QED) is 0.307. The van der Waals surface area contributed by atoms with Crippen LogP contribution in [-0.4, -0.2) is 33.7 Å². The highest BCUT2D eigenvalue weighted by atomic mass is 16.5. The molecule has 1 aromatic carbocycles. The van der Waals surface area contributed by atoms with E-state index in [1.807, 2.05) is 13.0 Å². The minimum Gasteiger partial charge on any atom is -0.466 e. The third-order valence-corrected chi connectivity index (χ3v) is 5.10. The summed E-state index contributed by atoms with van der Waals surface area (Å²) < 4.78 is 5.22. The highest BCUT2D eigenvalue weighted by Crippen LogP contribution is 2.35. The van der Waals surface area contributed by atoms with E-state index < -0.39 is 0 Å². The molecule has 1 aliphatic carbocycles. The minimum absolute atomic E-state index is 0.150. The summed E-state index contributed by atoms with van der Waals surface area (Å²) in [6, 6.07) is 5.40. The average molecular weight is 378 g/mol. The second kappa shape index (κ2) is 7.30. The van der Waals surface area contributed by atoms with Crippen molar-refractivity contribution < 1.29 is 9.53 Å². The summed E-state index contributed by atoms with van der Waals surface area (Å²) in [6.45, 7) is 2.21. The van der Waals surface area contributed by atoms with E-state index in [2.05, 4.69) is 20.3 Å². The van der Waals surface area contributed by atoms with Gasteiger partial charge in [-0.15, -0.1) is 0 Å². The molecular formula is C20H22N6O2. The molecule has 1 unspecified atom stereocenters. The number of carbonyl (C=O) groups is 1. The van der Waals surface area contributed by atoms with E-state index in [1.165, 1.54) is 12.5 Å². The third-order valence-electron chi connectivity index (χ3n) is 5.10. The van der Waals surface area contributed by atoms with E-state index in [-0.39, 0.29) is 11.9 Å². The van der Waals surface area contributed by atoms with E-state index in [1.54, 1.807) is 12.1 Å². The molecule has 4 rings (SSSR count). The fourth-order valence-electron chi connectivity index (χ4n) is 3.71. The molecule has 2 aromatic heterocycles. The lowest BCUT2D eigenvalue weighted by Gasteiger charge is -2.21. The number of nitrogens with zero attached hydrogens (tertiary/aromatic N) is 2. The molecule has 8 heteroatoms. The monoisotopic (exact) mass is 378 g/mol. The van der Waals surface area contributed by atoms with Crippen molar-refractivity contribution >= 4 is 40.4 Å². The first-order valence-electron chi connectivity index (χ1n) is 9.28. The molecule has 3 aromatic rings. The van der Waals surface area contributed by atoms with E-state index >= 15 is 0 Å². The van der Waals surface area contributed by atoms with Crippen molar-refractivity contribution in [2.75, 3.05) is 17.7 Å². The number of hydrogen-bond acceptors (Lipinski definition) is 7. The van der Waals surface area contributed by atoms with Gasteiger partial charge >= 0.3 is 5.97 Å². The van der Waals surface area contributed by atoms with Crippen LogP contribution in [0.3, 0.4) is 0 Å². The topological polar surface area (TPSA) is 130 Å². The lowest BCUT2D eigenvalue weighted by molar-refractivity contribution is -0.148. The number of nitrogens with two attached hydrogens (primary N) is 1. The highest BCUT2D eigenvalue weighted by Gasteiger charge is 2.29. The molecule has 0 aliphatic heterocycles. The molecule has 1 atom stereocenters. The molecule has 0 saturated carbocycles. The molecule has 28 heavy (non-hydrogen) atoms. The van der Waals surface area contributed by atoms with Gasteiger partial charge < -0.3 is 26.2 Å². The number of hydrogen-bond donors (Lipinski definition) is 4. The van der Waals surface area contributed by atoms with Crippen LogP contribution in [0.15, 0.2) is 24.5 Å². The molecule has 144 valence electrons. The van der Waals surface area contributed by atoms with Crippen LogP contribution in [0.5, 0.6) is 0 Å². The predicted octanol–water partition coefficient (Wildman–Crippen LogP) is 2.95. The number of fused-ring (bicyclic) bond motifs is 3. The first-order chi connectivity index (χ1) is 13.6. The number of anilines is 3. The van der Waals surface area contributed by atoms with Gasteiger partial charge in [-0.25, -0.2) is 9.97 Å². The summed E-state index contributed by atoms with van der Waals surface area (Å²) in [5.74, 6) is 0.358. The number of aromatic nitrogens is 3. The second-order valence-electron chi connectivity index (χ2n) is 6.83. The van der Waals surface area contributed by atoms with Crippen LogP contribution in [0.25, 0.3) is 11.0 Å². The van der Waals surface area contributed by atoms with E-state index in [4.69, 9.17) is 15.9 Å². The van der Waals surface area contributed by atoms with Gasteiger partial charge in [-0.3, -0.25) is 4.79 Å². The largest absolute Gasteiger partial charge is 0.466 e. The maximum absolute atomic E-state index is 12.2. The fraction of sp³-hybridized carbons (Fsp3) is 0.300. The number of nitrogens with one attached hydrogen (secondary N) is 3. The van der Waals surface area contributed by atoms with Crippen molar-refractivity contribution in [3.05, 3.63) is 41.3 Å². The zero-order valence-corrected chi connectivity index (χ0v) is 15.6. The molecule has 1 aliphatic rings. The van der Waals surface area contributed by atoms with Gasteiger partial charge in [-0.1, -0.05) is 0 Å². The summed E-state index contributed by atoms with van der Waals surface area (Å²) in [6.07, 6.45) is 4.86. The van der Waals surface area contributed by atoms with Gasteiger partial charge in [0.05, 0.1) is 17.9 Å². The lowest BCUT2D eigenvalue weighted by Crippen LogP contribution is -2.24. The van der Waals surface area contributed by atoms with Crippen molar-refractivity contribution in [1.29, 1.82) is 5.41 Å². The van der Waals surface area contributed by atoms with Gasteiger partial charge in [-0.05, 0) is 49.9 Å².